The Hall–Kier alpha value is -0.830. The van der Waals surface area contributed by atoms with Gasteiger partial charge in [-0.3, -0.25) is 4.98 Å². The quantitative estimate of drug-likeness (QED) is 0.921. The highest BCUT2D eigenvalue weighted by atomic mass is 35.5. The zero-order valence-corrected chi connectivity index (χ0v) is 11.1. The lowest BCUT2D eigenvalue weighted by Gasteiger charge is -2.09. The average Bonchev–Trinajstić information content (AvgIpc) is 2.24. The van der Waals surface area contributed by atoms with Crippen LogP contribution in [0.2, 0.25) is 10.0 Å². The SMILES string of the molecule is Cc1cc(CCCN)c2c(Cl)cc(Cl)cc2n1. The molecule has 0 radical (unpaired) electrons. The highest BCUT2D eigenvalue weighted by Crippen LogP contribution is 2.30. The van der Waals surface area contributed by atoms with Gasteiger partial charge in [-0.1, -0.05) is 23.2 Å². The van der Waals surface area contributed by atoms with Gasteiger partial charge in [-0.25, -0.2) is 0 Å². The molecule has 0 aliphatic rings. The summed E-state index contributed by atoms with van der Waals surface area (Å²) in [6.45, 7) is 2.65. The summed E-state index contributed by atoms with van der Waals surface area (Å²) in [6.07, 6.45) is 1.86. The first kappa shape index (κ1) is 12.6. The lowest BCUT2D eigenvalue weighted by molar-refractivity contribution is 0.835. The number of rotatable bonds is 3. The highest BCUT2D eigenvalue weighted by molar-refractivity contribution is 6.38. The van der Waals surface area contributed by atoms with Crippen LogP contribution in [0.5, 0.6) is 0 Å². The molecule has 0 fully saturated rings. The molecular formula is C13H14Cl2N2. The molecule has 0 atom stereocenters. The molecule has 0 aliphatic carbocycles. The van der Waals surface area contributed by atoms with Gasteiger partial charge in [0.05, 0.1) is 10.5 Å². The fourth-order valence-electron chi connectivity index (χ4n) is 2.00. The number of aryl methyl sites for hydroxylation is 2. The molecule has 17 heavy (non-hydrogen) atoms. The second-order valence-electron chi connectivity index (χ2n) is 4.10. The monoisotopic (exact) mass is 268 g/mol. The minimum Gasteiger partial charge on any atom is -0.330 e. The van der Waals surface area contributed by atoms with Crippen molar-refractivity contribution in [1.29, 1.82) is 0 Å². The largest absolute Gasteiger partial charge is 0.330 e. The maximum absolute atomic E-state index is 6.24. The van der Waals surface area contributed by atoms with Crippen LogP contribution in [0.15, 0.2) is 18.2 Å². The van der Waals surface area contributed by atoms with E-state index in [2.05, 4.69) is 11.1 Å². The van der Waals surface area contributed by atoms with Crippen LogP contribution < -0.4 is 5.73 Å². The van der Waals surface area contributed by atoms with E-state index in [0.29, 0.717) is 16.6 Å². The zero-order chi connectivity index (χ0) is 12.4. The molecular weight excluding hydrogens is 255 g/mol. The number of fused-ring (bicyclic) bond motifs is 1. The van der Waals surface area contributed by atoms with Crippen LogP contribution in [-0.2, 0) is 6.42 Å². The summed E-state index contributed by atoms with van der Waals surface area (Å²) in [6, 6.07) is 5.67. The molecule has 0 aliphatic heterocycles. The minimum absolute atomic E-state index is 0.616. The zero-order valence-electron chi connectivity index (χ0n) is 9.63. The topological polar surface area (TPSA) is 38.9 Å². The normalized spacial score (nSPS) is 11.1. The fourth-order valence-corrected chi connectivity index (χ4v) is 2.61. The Morgan fingerprint density at radius 3 is 2.71 bits per heavy atom. The van der Waals surface area contributed by atoms with Gasteiger partial charge in [0.1, 0.15) is 0 Å². The van der Waals surface area contributed by atoms with Gasteiger partial charge in [0.15, 0.2) is 0 Å². The maximum Gasteiger partial charge on any atom is 0.0737 e. The smallest absolute Gasteiger partial charge is 0.0737 e. The Kier molecular flexibility index (Phi) is 3.87. The second-order valence-corrected chi connectivity index (χ2v) is 4.94. The average molecular weight is 269 g/mol. The predicted octanol–water partition coefficient (Wildman–Crippen LogP) is 3.74. The lowest BCUT2D eigenvalue weighted by atomic mass is 10.0. The first-order valence-electron chi connectivity index (χ1n) is 5.57. The van der Waals surface area contributed by atoms with Crippen LogP contribution >= 0.6 is 23.2 Å². The van der Waals surface area contributed by atoms with Crippen LogP contribution in [-0.4, -0.2) is 11.5 Å². The van der Waals surface area contributed by atoms with Crippen LogP contribution in [0.4, 0.5) is 0 Å². The summed E-state index contributed by atoms with van der Waals surface area (Å²) in [4.78, 5) is 4.47. The molecule has 0 saturated heterocycles. The van der Waals surface area contributed by atoms with Crippen molar-refractivity contribution < 1.29 is 0 Å². The van der Waals surface area contributed by atoms with E-state index in [0.717, 1.165) is 29.4 Å². The number of nitrogens with zero attached hydrogens (tertiary/aromatic N) is 1. The lowest BCUT2D eigenvalue weighted by Crippen LogP contribution is -2.01. The molecule has 0 saturated carbocycles. The van der Waals surface area contributed by atoms with Crippen LogP contribution in [0, 0.1) is 6.92 Å². The second kappa shape index (κ2) is 5.21. The number of nitrogens with two attached hydrogens (primary N) is 1. The van der Waals surface area contributed by atoms with Crippen molar-refractivity contribution in [2.45, 2.75) is 19.8 Å². The standard InChI is InChI=1S/C13H14Cl2N2/c1-8-5-9(3-2-4-16)13-11(15)6-10(14)7-12(13)17-8/h5-7H,2-4,16H2,1H3. The molecule has 1 aromatic heterocycles. The van der Waals surface area contributed by atoms with Gasteiger partial charge >= 0.3 is 0 Å². The number of hydrogen-bond acceptors (Lipinski definition) is 2. The van der Waals surface area contributed by atoms with Crippen molar-refractivity contribution in [2.24, 2.45) is 5.73 Å². The summed E-state index contributed by atoms with van der Waals surface area (Å²) in [5.74, 6) is 0. The molecule has 0 bridgehead atoms. The Labute approximate surface area is 111 Å². The Bertz CT molecular complexity index is 547. The molecule has 0 unspecified atom stereocenters. The number of halogens is 2. The van der Waals surface area contributed by atoms with E-state index in [9.17, 15) is 0 Å². The molecule has 2 rings (SSSR count). The Morgan fingerprint density at radius 1 is 1.24 bits per heavy atom. The third-order valence-corrected chi connectivity index (χ3v) is 3.20. The van der Waals surface area contributed by atoms with Crippen molar-refractivity contribution >= 4 is 34.1 Å². The summed E-state index contributed by atoms with van der Waals surface area (Å²) >= 11 is 12.2. The maximum atomic E-state index is 6.24. The van der Waals surface area contributed by atoms with Crippen molar-refractivity contribution in [3.05, 3.63) is 39.5 Å². The van der Waals surface area contributed by atoms with Crippen molar-refractivity contribution in [3.63, 3.8) is 0 Å². The summed E-state index contributed by atoms with van der Waals surface area (Å²) < 4.78 is 0. The fraction of sp³-hybridized carbons (Fsp3) is 0.308. The van der Waals surface area contributed by atoms with Gasteiger partial charge < -0.3 is 5.73 Å². The van der Waals surface area contributed by atoms with Gasteiger partial charge in [0, 0.05) is 16.1 Å². The van der Waals surface area contributed by atoms with Crippen molar-refractivity contribution in [3.8, 4) is 0 Å². The number of benzene rings is 1. The highest BCUT2D eigenvalue weighted by Gasteiger charge is 2.09. The van der Waals surface area contributed by atoms with E-state index in [4.69, 9.17) is 28.9 Å². The van der Waals surface area contributed by atoms with E-state index in [1.165, 1.54) is 5.56 Å². The van der Waals surface area contributed by atoms with E-state index < -0.39 is 0 Å². The molecule has 2 nitrogen and oxygen atoms in total. The molecule has 90 valence electrons. The third kappa shape index (κ3) is 2.71. The summed E-state index contributed by atoms with van der Waals surface area (Å²) in [5.41, 5.74) is 8.58. The molecule has 2 N–H and O–H groups in total. The van der Waals surface area contributed by atoms with Crippen molar-refractivity contribution in [1.82, 2.24) is 4.98 Å². The molecule has 2 aromatic rings. The van der Waals surface area contributed by atoms with E-state index >= 15 is 0 Å². The number of hydrogen-bond donors (Lipinski definition) is 1. The van der Waals surface area contributed by atoms with E-state index in [1.807, 2.05) is 13.0 Å². The van der Waals surface area contributed by atoms with Gasteiger partial charge in [0.25, 0.3) is 0 Å². The summed E-state index contributed by atoms with van der Waals surface area (Å²) in [5, 5.41) is 2.27. The van der Waals surface area contributed by atoms with E-state index in [-0.39, 0.29) is 0 Å². The Balaban J connectivity index is 2.65. The third-order valence-electron chi connectivity index (χ3n) is 2.69. The number of aromatic nitrogens is 1. The van der Waals surface area contributed by atoms with Crippen LogP contribution in [0.25, 0.3) is 10.9 Å². The first-order chi connectivity index (χ1) is 8.11. The molecule has 0 amide bonds. The molecule has 4 heteroatoms. The predicted molar refractivity (Wildman–Crippen MR) is 73.9 cm³/mol. The van der Waals surface area contributed by atoms with Crippen LogP contribution in [0.3, 0.4) is 0 Å². The Morgan fingerprint density at radius 2 is 2.00 bits per heavy atom. The minimum atomic E-state index is 0.616. The van der Waals surface area contributed by atoms with E-state index in [1.54, 1.807) is 6.07 Å². The van der Waals surface area contributed by atoms with Gasteiger partial charge in [-0.2, -0.15) is 0 Å². The van der Waals surface area contributed by atoms with Gasteiger partial charge in [-0.15, -0.1) is 0 Å². The van der Waals surface area contributed by atoms with Crippen molar-refractivity contribution in [2.75, 3.05) is 6.54 Å². The van der Waals surface area contributed by atoms with Gasteiger partial charge in [0.2, 0.25) is 0 Å². The summed E-state index contributed by atoms with van der Waals surface area (Å²) in [7, 11) is 0. The first-order valence-corrected chi connectivity index (χ1v) is 6.32. The molecule has 1 aromatic carbocycles. The van der Waals surface area contributed by atoms with Gasteiger partial charge in [-0.05, 0) is 50.1 Å². The number of pyridine rings is 1. The molecule has 0 spiro atoms. The molecule has 1 heterocycles. The van der Waals surface area contributed by atoms with Crippen LogP contribution in [0.1, 0.15) is 17.7 Å².